The molecule has 0 aromatic heterocycles. The van der Waals surface area contributed by atoms with Crippen LogP contribution >= 0.6 is 0 Å². The monoisotopic (exact) mass is 514 g/mol. The Labute approximate surface area is 222 Å². The van der Waals surface area contributed by atoms with Crippen molar-refractivity contribution in [3.05, 3.63) is 59.4 Å². The van der Waals surface area contributed by atoms with E-state index in [9.17, 15) is 19.2 Å². The molecule has 3 fully saturated rings. The van der Waals surface area contributed by atoms with E-state index in [0.717, 1.165) is 36.8 Å². The Balaban J connectivity index is 1.28. The highest BCUT2D eigenvalue weighted by atomic mass is 19.1. The van der Waals surface area contributed by atoms with Gasteiger partial charge in [0.05, 0.1) is 11.6 Å². The molecule has 2 saturated carbocycles. The summed E-state index contributed by atoms with van der Waals surface area (Å²) in [6.45, 7) is 5.45. The fraction of sp³-hybridized carbons (Fsp3) is 0.467. The van der Waals surface area contributed by atoms with E-state index >= 15 is 0 Å². The third kappa shape index (κ3) is 4.39. The summed E-state index contributed by atoms with van der Waals surface area (Å²) >= 11 is 0. The summed E-state index contributed by atoms with van der Waals surface area (Å²) in [6.07, 6.45) is 3.63. The van der Waals surface area contributed by atoms with Gasteiger partial charge in [-0.3, -0.25) is 9.69 Å². The average molecular weight is 515 g/mol. The molecule has 1 N–H and O–H groups in total. The van der Waals surface area contributed by atoms with E-state index < -0.39 is 29.6 Å². The highest BCUT2D eigenvalue weighted by Gasteiger charge is 2.71. The first kappa shape index (κ1) is 25.7. The normalized spacial score (nSPS) is 25.9. The molecular formula is C30H31FN4O3. The van der Waals surface area contributed by atoms with Gasteiger partial charge in [0.25, 0.3) is 0 Å². The number of ether oxygens (including phenoxy) is 1. The van der Waals surface area contributed by atoms with Gasteiger partial charge in [0.15, 0.2) is 0 Å². The van der Waals surface area contributed by atoms with Crippen LogP contribution in [0.1, 0.15) is 57.6 Å². The zero-order valence-electron chi connectivity index (χ0n) is 21.8. The third-order valence-electron chi connectivity index (χ3n) is 8.38. The average Bonchev–Trinajstić information content (AvgIpc) is 2.96. The molecule has 1 aliphatic heterocycles. The second-order valence-corrected chi connectivity index (χ2v) is 11.7. The molecule has 5 rings (SSSR count). The number of nitrogens with one attached hydrogen (secondary N) is 1. The van der Waals surface area contributed by atoms with Crippen LogP contribution in [-0.4, -0.2) is 40.6 Å². The number of amides is 2. The van der Waals surface area contributed by atoms with Crippen LogP contribution in [0, 0.1) is 39.8 Å². The van der Waals surface area contributed by atoms with Crippen LogP contribution in [0.4, 0.5) is 9.18 Å². The number of nitriles is 2. The Kier molecular flexibility index (Phi) is 6.39. The van der Waals surface area contributed by atoms with Crippen LogP contribution in [0.25, 0.3) is 11.1 Å². The summed E-state index contributed by atoms with van der Waals surface area (Å²) < 4.78 is 19.7. The molecule has 1 heterocycles. The number of hydrogen-bond acceptors (Lipinski definition) is 5. The number of nitrogens with zero attached hydrogens (tertiary/aromatic N) is 3. The lowest BCUT2D eigenvalue weighted by Crippen LogP contribution is -2.55. The number of halogens is 1. The molecule has 0 radical (unpaired) electrons. The van der Waals surface area contributed by atoms with Crippen molar-refractivity contribution in [2.24, 2.45) is 11.3 Å². The quantitative estimate of drug-likeness (QED) is 0.598. The van der Waals surface area contributed by atoms with E-state index in [4.69, 9.17) is 10.00 Å². The maximum Gasteiger partial charge on any atom is 0.411 e. The van der Waals surface area contributed by atoms with Crippen LogP contribution in [0.15, 0.2) is 42.5 Å². The van der Waals surface area contributed by atoms with Crippen LogP contribution in [0.3, 0.4) is 0 Å². The van der Waals surface area contributed by atoms with E-state index in [2.05, 4.69) is 11.4 Å². The van der Waals surface area contributed by atoms with Crippen molar-refractivity contribution in [3.63, 3.8) is 0 Å². The second-order valence-electron chi connectivity index (χ2n) is 11.7. The molecule has 2 aromatic carbocycles. The molecule has 1 unspecified atom stereocenters. The van der Waals surface area contributed by atoms with Crippen LogP contribution in [-0.2, 0) is 16.0 Å². The number of likely N-dealkylation sites (tertiary alicyclic amines) is 1. The molecule has 38 heavy (non-hydrogen) atoms. The maximum atomic E-state index is 14.0. The highest BCUT2D eigenvalue weighted by molar-refractivity contribution is 5.88. The number of hydrogen-bond donors (Lipinski definition) is 1. The first-order valence-corrected chi connectivity index (χ1v) is 13.1. The Bertz CT molecular complexity index is 1350. The molecule has 2 aromatic rings. The Morgan fingerprint density at radius 2 is 1.82 bits per heavy atom. The minimum Gasteiger partial charge on any atom is -0.444 e. The van der Waals surface area contributed by atoms with Gasteiger partial charge in [0.1, 0.15) is 29.6 Å². The van der Waals surface area contributed by atoms with E-state index in [0.29, 0.717) is 12.0 Å². The molecule has 2 aliphatic carbocycles. The first-order valence-electron chi connectivity index (χ1n) is 13.1. The minimum atomic E-state index is -0.768. The summed E-state index contributed by atoms with van der Waals surface area (Å²) in [5.41, 5.74) is 1.60. The van der Waals surface area contributed by atoms with Crippen molar-refractivity contribution < 1.29 is 18.7 Å². The predicted molar refractivity (Wildman–Crippen MR) is 138 cm³/mol. The second kappa shape index (κ2) is 9.44. The van der Waals surface area contributed by atoms with E-state index in [1.165, 1.54) is 12.1 Å². The molecule has 3 aliphatic rings. The minimum absolute atomic E-state index is 0.00806. The van der Waals surface area contributed by atoms with Gasteiger partial charge < -0.3 is 10.1 Å². The van der Waals surface area contributed by atoms with E-state index in [1.54, 1.807) is 11.0 Å². The largest absolute Gasteiger partial charge is 0.444 e. The Hall–Kier alpha value is -3.91. The summed E-state index contributed by atoms with van der Waals surface area (Å²) in [5, 5.41) is 21.6. The van der Waals surface area contributed by atoms with Gasteiger partial charge in [-0.05, 0) is 86.6 Å². The first-order chi connectivity index (χ1) is 18.1. The maximum absolute atomic E-state index is 14.0. The summed E-state index contributed by atoms with van der Waals surface area (Å²) in [5.74, 6) is -0.777. The van der Waals surface area contributed by atoms with E-state index in [-0.39, 0.29) is 28.8 Å². The van der Waals surface area contributed by atoms with Crippen LogP contribution in [0.5, 0.6) is 0 Å². The topological polar surface area (TPSA) is 106 Å². The van der Waals surface area contributed by atoms with Crippen molar-refractivity contribution in [3.8, 4) is 23.3 Å². The molecule has 1 saturated heterocycles. The van der Waals surface area contributed by atoms with Crippen molar-refractivity contribution in [2.75, 3.05) is 0 Å². The standard InChI is InChI=1S/C30H31FN4O3/c1-29(2,3)38-28(37)35-25-11-13-30(25)12-10-23(30)26(35)27(36)34-22(17-33)14-18-4-6-19(7-5-18)20-8-9-21(16-32)24(31)15-20/h4-9,15,22-23,25-26H,10-14H2,1-3H3,(H,34,36)/t22-,23-,25+,26-,30?/m0/s1. The van der Waals surface area contributed by atoms with Gasteiger partial charge in [-0.25, -0.2) is 9.18 Å². The lowest BCUT2D eigenvalue weighted by atomic mass is 9.48. The van der Waals surface area contributed by atoms with Gasteiger partial charge in [0, 0.05) is 12.5 Å². The molecule has 0 bridgehead atoms. The zero-order chi connectivity index (χ0) is 27.2. The number of carbonyl (C=O) groups excluding carboxylic acids is 2. The smallest absolute Gasteiger partial charge is 0.411 e. The van der Waals surface area contributed by atoms with Gasteiger partial charge in [0.2, 0.25) is 5.91 Å². The van der Waals surface area contributed by atoms with Gasteiger partial charge in [-0.15, -0.1) is 0 Å². The molecule has 7 nitrogen and oxygen atoms in total. The summed E-state index contributed by atoms with van der Waals surface area (Å²) in [4.78, 5) is 28.4. The zero-order valence-corrected chi connectivity index (χ0v) is 21.8. The number of carbonyl (C=O) groups is 2. The number of rotatable bonds is 5. The molecule has 8 heteroatoms. The fourth-order valence-corrected chi connectivity index (χ4v) is 6.43. The molecular weight excluding hydrogens is 483 g/mol. The Morgan fingerprint density at radius 3 is 2.34 bits per heavy atom. The van der Waals surface area contributed by atoms with Crippen LogP contribution < -0.4 is 5.32 Å². The van der Waals surface area contributed by atoms with Gasteiger partial charge in [-0.1, -0.05) is 30.3 Å². The molecule has 2 amide bonds. The van der Waals surface area contributed by atoms with Crippen molar-refractivity contribution >= 4 is 12.0 Å². The lowest BCUT2D eigenvalue weighted by Gasteiger charge is -2.55. The molecule has 5 atom stereocenters. The molecule has 1 spiro atoms. The fourth-order valence-electron chi connectivity index (χ4n) is 6.43. The van der Waals surface area contributed by atoms with Crippen LogP contribution in [0.2, 0.25) is 0 Å². The Morgan fingerprint density at radius 1 is 1.13 bits per heavy atom. The predicted octanol–water partition coefficient (Wildman–Crippen LogP) is 5.09. The molecule has 196 valence electrons. The summed E-state index contributed by atoms with van der Waals surface area (Å²) in [6, 6.07) is 14.4. The van der Waals surface area contributed by atoms with Gasteiger partial charge in [-0.2, -0.15) is 10.5 Å². The van der Waals surface area contributed by atoms with Crippen molar-refractivity contribution in [2.45, 2.75) is 76.6 Å². The van der Waals surface area contributed by atoms with Crippen molar-refractivity contribution in [1.29, 1.82) is 10.5 Å². The SMILES string of the molecule is CC(C)(C)OC(=O)N1[C@H](C(=O)N[C@H](C#N)Cc2ccc(-c3ccc(C#N)c(F)c3)cc2)[C@@H]2CCC23CC[C@@H]13. The highest BCUT2D eigenvalue weighted by Crippen LogP contribution is 2.68. The third-order valence-corrected chi connectivity index (χ3v) is 8.38. The van der Waals surface area contributed by atoms with E-state index in [1.807, 2.05) is 51.1 Å². The summed E-state index contributed by atoms with van der Waals surface area (Å²) in [7, 11) is 0. The number of benzene rings is 2. The van der Waals surface area contributed by atoms with Gasteiger partial charge >= 0.3 is 6.09 Å². The van der Waals surface area contributed by atoms with Crippen molar-refractivity contribution in [1.82, 2.24) is 10.2 Å². The lowest BCUT2D eigenvalue weighted by molar-refractivity contribution is -0.128.